The Morgan fingerprint density at radius 1 is 0.977 bits per heavy atom. The maximum absolute atomic E-state index is 14.0. The normalized spacial score (nSPS) is 17.3. The lowest BCUT2D eigenvalue weighted by atomic mass is 9.76. The number of amides is 1. The molecule has 0 aliphatic carbocycles. The lowest BCUT2D eigenvalue weighted by Crippen LogP contribution is -2.58. The molecular weight excluding hydrogens is 540 g/mol. The van der Waals surface area contributed by atoms with Crippen LogP contribution in [0.5, 0.6) is 6.01 Å². The molecule has 1 amide bonds. The molecule has 0 saturated heterocycles. The minimum absolute atomic E-state index is 0.0338. The second-order valence-corrected chi connectivity index (χ2v) is 11.4. The molecule has 3 aromatic carbocycles. The maximum atomic E-state index is 14.0. The summed E-state index contributed by atoms with van der Waals surface area (Å²) in [6, 6.07) is 21.3. The highest BCUT2D eigenvalue weighted by atomic mass is 16.5. The summed E-state index contributed by atoms with van der Waals surface area (Å²) in [7, 11) is 0. The molecule has 2 heterocycles. The minimum atomic E-state index is -1.52. The van der Waals surface area contributed by atoms with Gasteiger partial charge in [-0.1, -0.05) is 67.1 Å². The molecule has 0 bridgehead atoms. The predicted octanol–water partition coefficient (Wildman–Crippen LogP) is 5.49. The van der Waals surface area contributed by atoms with Gasteiger partial charge in [0.05, 0.1) is 13.1 Å². The number of benzene rings is 3. The van der Waals surface area contributed by atoms with Crippen molar-refractivity contribution in [3.05, 3.63) is 117 Å². The van der Waals surface area contributed by atoms with Gasteiger partial charge in [-0.3, -0.25) is 10.1 Å². The van der Waals surface area contributed by atoms with Gasteiger partial charge in [-0.15, -0.1) is 0 Å². The summed E-state index contributed by atoms with van der Waals surface area (Å²) in [6.07, 6.45) is -0.765. The maximum Gasteiger partial charge on any atom is 0.347 e. The van der Waals surface area contributed by atoms with Crippen LogP contribution < -0.4 is 15.0 Å². The van der Waals surface area contributed by atoms with Crippen molar-refractivity contribution in [1.29, 1.82) is 0 Å². The van der Waals surface area contributed by atoms with E-state index >= 15 is 0 Å². The molecule has 2 atom stereocenters. The van der Waals surface area contributed by atoms with Crippen LogP contribution in [0.25, 0.3) is 0 Å². The number of carboxylic acids is 1. The average Bonchev–Trinajstić information content (AvgIpc) is 3.07. The summed E-state index contributed by atoms with van der Waals surface area (Å²) in [6.45, 7) is 12.1. The van der Waals surface area contributed by atoms with Crippen molar-refractivity contribution in [2.45, 2.75) is 66.2 Å². The highest BCUT2D eigenvalue weighted by Gasteiger charge is 2.52. The third-order valence-corrected chi connectivity index (χ3v) is 8.19. The van der Waals surface area contributed by atoms with Crippen LogP contribution in [0.3, 0.4) is 0 Å². The Labute approximate surface area is 252 Å². The van der Waals surface area contributed by atoms with E-state index in [1.807, 2.05) is 69.3 Å². The van der Waals surface area contributed by atoms with Gasteiger partial charge in [0.25, 0.3) is 0 Å². The molecule has 1 aromatic heterocycles. The zero-order chi connectivity index (χ0) is 30.9. The number of rotatable bonds is 8. The number of hydrogen-bond donors (Lipinski definition) is 2. The van der Waals surface area contributed by atoms with Crippen molar-refractivity contribution in [3.63, 3.8) is 0 Å². The number of carbonyl (C=O) groups excluding carboxylic acids is 1. The molecule has 8 nitrogen and oxygen atoms in total. The van der Waals surface area contributed by atoms with Crippen LogP contribution in [0.4, 0.5) is 5.69 Å². The van der Waals surface area contributed by atoms with Crippen molar-refractivity contribution >= 4 is 17.6 Å². The molecule has 222 valence electrons. The molecule has 2 N–H and O–H groups in total. The second-order valence-electron chi connectivity index (χ2n) is 11.4. The highest BCUT2D eigenvalue weighted by Crippen LogP contribution is 2.43. The van der Waals surface area contributed by atoms with Crippen LogP contribution in [-0.4, -0.2) is 39.6 Å². The smallest absolute Gasteiger partial charge is 0.347 e. The van der Waals surface area contributed by atoms with E-state index in [2.05, 4.69) is 48.2 Å². The first kappa shape index (κ1) is 29.9. The molecule has 0 radical (unpaired) electrons. The molecular formula is C35H38N4O4. The SMILES string of the molecule is CCc1cccc(C2(C(Oc3nc(C)cc(C)n3)C(=O)O)NCC(=O)N(Cc3c(C)cc(C)cc3C)c3ccccc32)c1. The second kappa shape index (κ2) is 12.0. The quantitative estimate of drug-likeness (QED) is 0.285. The molecule has 1 aliphatic heterocycles. The molecule has 2 unspecified atom stereocenters. The first-order valence-electron chi connectivity index (χ1n) is 14.6. The zero-order valence-electron chi connectivity index (χ0n) is 25.6. The molecule has 0 saturated carbocycles. The van der Waals surface area contributed by atoms with Gasteiger partial charge in [-0.2, -0.15) is 0 Å². The van der Waals surface area contributed by atoms with Crippen molar-refractivity contribution in [1.82, 2.24) is 15.3 Å². The molecule has 5 rings (SSSR count). The number of para-hydroxylation sites is 1. The lowest BCUT2D eigenvalue weighted by molar-refractivity contribution is -0.149. The van der Waals surface area contributed by atoms with Crippen molar-refractivity contribution in [2.75, 3.05) is 11.4 Å². The number of aliphatic carboxylic acids is 1. The average molecular weight is 579 g/mol. The van der Waals surface area contributed by atoms with Crippen LogP contribution >= 0.6 is 0 Å². The van der Waals surface area contributed by atoms with Gasteiger partial charge >= 0.3 is 12.0 Å². The van der Waals surface area contributed by atoms with Gasteiger partial charge in [-0.05, 0) is 81.0 Å². The topological polar surface area (TPSA) is 105 Å². The number of nitrogens with zero attached hydrogens (tertiary/aromatic N) is 3. The fraction of sp³-hybridized carbons (Fsp3) is 0.314. The molecule has 43 heavy (non-hydrogen) atoms. The van der Waals surface area contributed by atoms with Crippen LogP contribution in [-0.2, 0) is 28.1 Å². The molecule has 8 heteroatoms. The third kappa shape index (κ3) is 5.75. The van der Waals surface area contributed by atoms with Gasteiger partial charge < -0.3 is 14.7 Å². The lowest BCUT2D eigenvalue weighted by Gasteiger charge is -2.39. The number of ether oxygens (including phenoxy) is 1. The van der Waals surface area contributed by atoms with E-state index in [9.17, 15) is 14.7 Å². The largest absolute Gasteiger partial charge is 0.478 e. The minimum Gasteiger partial charge on any atom is -0.478 e. The molecule has 1 aliphatic rings. The monoisotopic (exact) mass is 578 g/mol. The first-order valence-corrected chi connectivity index (χ1v) is 14.6. The predicted molar refractivity (Wildman–Crippen MR) is 166 cm³/mol. The molecule has 0 spiro atoms. The van der Waals surface area contributed by atoms with Gasteiger partial charge in [0, 0.05) is 22.6 Å². The third-order valence-electron chi connectivity index (χ3n) is 8.19. The number of carboxylic acid groups (broad SMARTS) is 1. The summed E-state index contributed by atoms with van der Waals surface area (Å²) < 4.78 is 6.25. The van der Waals surface area contributed by atoms with Gasteiger partial charge in [0.15, 0.2) is 0 Å². The highest BCUT2D eigenvalue weighted by molar-refractivity contribution is 5.97. The van der Waals surface area contributed by atoms with Crippen LogP contribution in [0.15, 0.2) is 66.7 Å². The first-order chi connectivity index (χ1) is 20.5. The Kier molecular flexibility index (Phi) is 8.33. The Hall–Kier alpha value is -4.56. The van der Waals surface area contributed by atoms with Crippen molar-refractivity contribution < 1.29 is 19.4 Å². The van der Waals surface area contributed by atoms with Crippen LogP contribution in [0.1, 0.15) is 57.3 Å². The summed E-state index contributed by atoms with van der Waals surface area (Å²) in [5.74, 6) is -1.38. The Morgan fingerprint density at radius 2 is 1.65 bits per heavy atom. The number of anilines is 1. The Balaban J connectivity index is 1.76. The fourth-order valence-corrected chi connectivity index (χ4v) is 6.23. The van der Waals surface area contributed by atoms with Gasteiger partial charge in [0.1, 0.15) is 5.54 Å². The van der Waals surface area contributed by atoms with Gasteiger partial charge in [0.2, 0.25) is 12.0 Å². The van der Waals surface area contributed by atoms with Gasteiger partial charge in [-0.25, -0.2) is 14.8 Å². The number of aryl methyl sites for hydroxylation is 6. The zero-order valence-corrected chi connectivity index (χ0v) is 25.6. The molecule has 4 aromatic rings. The summed E-state index contributed by atoms with van der Waals surface area (Å²) in [4.78, 5) is 37.8. The summed E-state index contributed by atoms with van der Waals surface area (Å²) >= 11 is 0. The van der Waals surface area contributed by atoms with E-state index in [1.54, 1.807) is 11.0 Å². The van der Waals surface area contributed by atoms with E-state index in [-0.39, 0.29) is 18.5 Å². The number of nitrogens with one attached hydrogen (secondary N) is 1. The van der Waals surface area contributed by atoms with E-state index in [0.717, 1.165) is 34.2 Å². The fourth-order valence-electron chi connectivity index (χ4n) is 6.23. The van der Waals surface area contributed by atoms with E-state index in [4.69, 9.17) is 4.74 Å². The summed E-state index contributed by atoms with van der Waals surface area (Å²) in [5.41, 5.74) is 7.22. The number of fused-ring (bicyclic) bond motifs is 1. The number of carbonyl (C=O) groups is 2. The number of hydrogen-bond acceptors (Lipinski definition) is 6. The molecule has 0 fully saturated rings. The summed E-state index contributed by atoms with van der Waals surface area (Å²) in [5, 5.41) is 14.2. The van der Waals surface area contributed by atoms with Crippen LogP contribution in [0, 0.1) is 34.6 Å². The number of aromatic nitrogens is 2. The van der Waals surface area contributed by atoms with E-state index in [0.29, 0.717) is 34.7 Å². The van der Waals surface area contributed by atoms with Crippen molar-refractivity contribution in [3.8, 4) is 6.01 Å². The van der Waals surface area contributed by atoms with Crippen LogP contribution in [0.2, 0.25) is 0 Å². The Morgan fingerprint density at radius 3 is 2.30 bits per heavy atom. The van der Waals surface area contributed by atoms with E-state index < -0.39 is 17.6 Å². The van der Waals surface area contributed by atoms with Crippen molar-refractivity contribution in [2.24, 2.45) is 0 Å². The Bertz CT molecular complexity index is 1660. The standard InChI is InChI=1S/C35H38N4O4/c1-7-26-11-10-12-27(18-26)35(32(33(41)42)43-34-37-24(5)17-25(6)38-34)29-13-8-9-14-30(29)39(31(40)19-36-35)20-28-22(3)15-21(2)16-23(28)4/h8-18,32,36H,7,19-20H2,1-6H3,(H,41,42). The van der Waals surface area contributed by atoms with E-state index in [1.165, 1.54) is 0 Å².